The molecule has 0 amide bonds. The highest BCUT2D eigenvalue weighted by Gasteiger charge is 2.17. The summed E-state index contributed by atoms with van der Waals surface area (Å²) in [6.07, 6.45) is 0.990. The van der Waals surface area contributed by atoms with E-state index in [9.17, 15) is 8.42 Å². The van der Waals surface area contributed by atoms with Crippen LogP contribution in [-0.2, 0) is 23.9 Å². The maximum atomic E-state index is 11.1. The van der Waals surface area contributed by atoms with Crippen LogP contribution >= 0.6 is 0 Å². The largest absolute Gasteiger partial charge is 0.491 e. The molecule has 0 saturated heterocycles. The molecule has 0 bridgehead atoms. The molecule has 1 aromatic rings. The number of rotatable bonds is 11. The maximum Gasteiger partial charge on any atom is 0.307 e. The molecular weight excluding hydrogens is 298 g/mol. The van der Waals surface area contributed by atoms with Gasteiger partial charge in [-0.15, -0.1) is 6.58 Å². The molecule has 1 atom stereocenters. The molecule has 0 radical (unpaired) electrons. The molecule has 0 fully saturated rings. The van der Waals surface area contributed by atoms with Gasteiger partial charge in [-0.2, -0.15) is 18.6 Å². The van der Waals surface area contributed by atoms with Crippen LogP contribution in [0, 0.1) is 0 Å². The summed E-state index contributed by atoms with van der Waals surface area (Å²) in [5, 5.41) is 0. The molecule has 0 aromatic heterocycles. The quantitative estimate of drug-likeness (QED) is 0.367. The second-order valence-corrected chi connectivity index (χ2v) is 5.55. The lowest BCUT2D eigenvalue weighted by Crippen LogP contribution is -2.30. The maximum absolute atomic E-state index is 11.1. The van der Waals surface area contributed by atoms with Crippen LogP contribution in [0.15, 0.2) is 43.0 Å². The molecule has 118 valence electrons. The van der Waals surface area contributed by atoms with E-state index in [1.54, 1.807) is 18.2 Å². The zero-order chi connectivity index (χ0) is 15.6. The van der Waals surface area contributed by atoms with Gasteiger partial charge < -0.3 is 14.2 Å². The van der Waals surface area contributed by atoms with Gasteiger partial charge in [-0.25, -0.2) is 0 Å². The zero-order valence-electron chi connectivity index (χ0n) is 11.5. The topological polar surface area (TPSA) is 97.1 Å². The number of benzene rings is 1. The highest BCUT2D eigenvalue weighted by molar-refractivity contribution is 7.86. The van der Waals surface area contributed by atoms with Crippen molar-refractivity contribution >= 4 is 10.1 Å². The predicted molar refractivity (Wildman–Crippen MR) is 76.9 cm³/mol. The Balaban J connectivity index is 2.49. The minimum atomic E-state index is -3.90. The van der Waals surface area contributed by atoms with E-state index in [0.717, 1.165) is 0 Å². The fourth-order valence-corrected chi connectivity index (χ4v) is 1.76. The second-order valence-electron chi connectivity index (χ2n) is 4.01. The van der Waals surface area contributed by atoms with Gasteiger partial charge in [-0.05, 0) is 12.1 Å². The second kappa shape index (κ2) is 9.48. The van der Waals surface area contributed by atoms with Crippen LogP contribution in [0.25, 0.3) is 0 Å². The number of ether oxygens (including phenoxy) is 3. The first-order valence-electron chi connectivity index (χ1n) is 6.16. The molecule has 0 aliphatic heterocycles. The van der Waals surface area contributed by atoms with Gasteiger partial charge >= 0.3 is 10.1 Å². The Kier molecular flexibility index (Phi) is 7.95. The van der Waals surface area contributed by atoms with Crippen LogP contribution in [0.2, 0.25) is 0 Å². The van der Waals surface area contributed by atoms with Gasteiger partial charge in [0.05, 0.1) is 13.2 Å². The molecule has 1 rings (SSSR count). The van der Waals surface area contributed by atoms with Crippen LogP contribution < -0.4 is 10.6 Å². The Hall–Kier alpha value is -1.45. The summed E-state index contributed by atoms with van der Waals surface area (Å²) < 4.78 is 42.0. The van der Waals surface area contributed by atoms with Gasteiger partial charge in [0.2, 0.25) is 0 Å². The third-order valence-corrected chi connectivity index (χ3v) is 3.03. The summed E-state index contributed by atoms with van der Waals surface area (Å²) in [6, 6.07) is 9.07. The van der Waals surface area contributed by atoms with Crippen LogP contribution in [0.1, 0.15) is 0 Å². The summed E-state index contributed by atoms with van der Waals surface area (Å²) in [6.45, 7) is 4.12. The average Bonchev–Trinajstić information content (AvgIpc) is 2.50. The molecule has 0 heterocycles. The summed E-state index contributed by atoms with van der Waals surface area (Å²) in [5.74, 6) is 4.60. The van der Waals surface area contributed by atoms with Gasteiger partial charge in [0.15, 0.2) is 5.94 Å². The van der Waals surface area contributed by atoms with E-state index < -0.39 is 22.2 Å². The van der Waals surface area contributed by atoms with Gasteiger partial charge in [-0.3, -0.25) is 0 Å². The molecule has 2 N–H and O–H groups in total. The Morgan fingerprint density at radius 1 is 1.24 bits per heavy atom. The first-order chi connectivity index (χ1) is 10.1. The van der Waals surface area contributed by atoms with Crippen LogP contribution in [0.5, 0.6) is 5.75 Å². The first-order valence-corrected chi connectivity index (χ1v) is 7.74. The fourth-order valence-electron chi connectivity index (χ4n) is 1.34. The highest BCUT2D eigenvalue weighted by Crippen LogP contribution is 2.10. The third kappa shape index (κ3) is 7.78. The van der Waals surface area contributed by atoms with Crippen molar-refractivity contribution in [2.24, 2.45) is 5.90 Å². The van der Waals surface area contributed by atoms with Crippen molar-refractivity contribution in [3.8, 4) is 5.75 Å². The van der Waals surface area contributed by atoms with E-state index in [1.165, 1.54) is 0 Å². The lowest BCUT2D eigenvalue weighted by Gasteiger charge is -2.18. The molecule has 0 aliphatic carbocycles. The fraction of sp³-hybridized carbons (Fsp3) is 0.385. The van der Waals surface area contributed by atoms with Crippen molar-refractivity contribution in [3.63, 3.8) is 0 Å². The number of hydrogen-bond acceptors (Lipinski definition) is 7. The normalized spacial score (nSPS) is 12.8. The minimum absolute atomic E-state index is 0.126. The van der Waals surface area contributed by atoms with E-state index in [-0.39, 0.29) is 13.2 Å². The van der Waals surface area contributed by atoms with Gasteiger partial charge in [-0.1, -0.05) is 24.3 Å². The Labute approximate surface area is 124 Å². The molecule has 8 heteroatoms. The minimum Gasteiger partial charge on any atom is -0.491 e. The molecule has 1 unspecified atom stereocenters. The SMILES string of the molecule is C=CCOCC(COc1ccccc1)OCS(=O)(=O)ON. The summed E-state index contributed by atoms with van der Waals surface area (Å²) in [7, 11) is -3.90. The molecular formula is C13H19NO6S. The Morgan fingerprint density at radius 2 is 1.95 bits per heavy atom. The Morgan fingerprint density at radius 3 is 2.57 bits per heavy atom. The first kappa shape index (κ1) is 17.6. The molecule has 1 aromatic carbocycles. The Bertz CT molecular complexity index is 505. The summed E-state index contributed by atoms with van der Waals surface area (Å²) in [4.78, 5) is 0. The van der Waals surface area contributed by atoms with E-state index in [1.807, 2.05) is 18.2 Å². The summed E-state index contributed by atoms with van der Waals surface area (Å²) in [5.41, 5.74) is 0. The number of nitrogens with two attached hydrogens (primary N) is 1. The lowest BCUT2D eigenvalue weighted by molar-refractivity contribution is -0.0172. The van der Waals surface area contributed by atoms with Crippen molar-refractivity contribution < 1.29 is 26.9 Å². The van der Waals surface area contributed by atoms with Gasteiger partial charge in [0, 0.05) is 0 Å². The lowest BCUT2D eigenvalue weighted by atomic mass is 10.3. The number of hydrogen-bond donors (Lipinski definition) is 1. The van der Waals surface area contributed by atoms with Crippen LogP contribution in [0.3, 0.4) is 0 Å². The van der Waals surface area contributed by atoms with Crippen LogP contribution in [-0.4, -0.2) is 40.3 Å². The van der Waals surface area contributed by atoms with Crippen molar-refractivity contribution in [2.75, 3.05) is 25.8 Å². The van der Waals surface area contributed by atoms with E-state index in [4.69, 9.17) is 14.2 Å². The molecule has 7 nitrogen and oxygen atoms in total. The zero-order valence-corrected chi connectivity index (χ0v) is 12.3. The van der Waals surface area contributed by atoms with Crippen molar-refractivity contribution in [3.05, 3.63) is 43.0 Å². The highest BCUT2D eigenvalue weighted by atomic mass is 32.2. The van der Waals surface area contributed by atoms with E-state index >= 15 is 0 Å². The average molecular weight is 317 g/mol. The van der Waals surface area contributed by atoms with E-state index in [0.29, 0.717) is 12.4 Å². The van der Waals surface area contributed by atoms with Crippen molar-refractivity contribution in [1.29, 1.82) is 0 Å². The standard InChI is InChI=1S/C13H19NO6S/c1-2-8-17-9-13(19-11-21(15,16)20-14)10-18-12-6-4-3-5-7-12/h2-7,13H,1,8-11,14H2. The van der Waals surface area contributed by atoms with Crippen LogP contribution in [0.4, 0.5) is 0 Å². The number of para-hydroxylation sites is 1. The monoisotopic (exact) mass is 317 g/mol. The van der Waals surface area contributed by atoms with Crippen molar-refractivity contribution in [1.82, 2.24) is 0 Å². The third-order valence-electron chi connectivity index (χ3n) is 2.31. The van der Waals surface area contributed by atoms with E-state index in [2.05, 4.69) is 16.8 Å². The van der Waals surface area contributed by atoms with Crippen molar-refractivity contribution in [2.45, 2.75) is 6.10 Å². The van der Waals surface area contributed by atoms with Gasteiger partial charge in [0.1, 0.15) is 18.5 Å². The molecule has 0 spiro atoms. The van der Waals surface area contributed by atoms with Gasteiger partial charge in [0.25, 0.3) is 0 Å². The smallest absolute Gasteiger partial charge is 0.307 e. The molecule has 21 heavy (non-hydrogen) atoms. The predicted octanol–water partition coefficient (Wildman–Crippen LogP) is 0.831. The summed E-state index contributed by atoms with van der Waals surface area (Å²) >= 11 is 0. The molecule has 0 aliphatic rings. The molecule has 0 saturated carbocycles.